The first-order valence-electron chi connectivity index (χ1n) is 9.31. The van der Waals surface area contributed by atoms with E-state index in [0.29, 0.717) is 23.1 Å². The van der Waals surface area contributed by atoms with Crippen LogP contribution < -0.4 is 14.8 Å². The van der Waals surface area contributed by atoms with Crippen LogP contribution in [0.2, 0.25) is 0 Å². The number of anilines is 1. The molecule has 3 aromatic rings. The molecule has 158 valence electrons. The van der Waals surface area contributed by atoms with Crippen molar-refractivity contribution in [3.8, 4) is 11.5 Å². The summed E-state index contributed by atoms with van der Waals surface area (Å²) in [7, 11) is 1.58. The van der Waals surface area contributed by atoms with Gasteiger partial charge in [0.05, 0.1) is 24.9 Å². The molecule has 2 aromatic carbocycles. The predicted molar refractivity (Wildman–Crippen MR) is 107 cm³/mol. The highest BCUT2D eigenvalue weighted by atomic mass is 19.3. The third-order valence-electron chi connectivity index (χ3n) is 4.52. The van der Waals surface area contributed by atoms with Crippen LogP contribution in [0.25, 0.3) is 0 Å². The molecular weight excluding hydrogens is 395 g/mol. The largest absolute Gasteiger partial charge is 0.497 e. The summed E-state index contributed by atoms with van der Waals surface area (Å²) in [6.07, 6.45) is -1.37. The highest BCUT2D eigenvalue weighted by Crippen LogP contribution is 2.31. The van der Waals surface area contributed by atoms with Crippen LogP contribution in [0.4, 0.5) is 19.0 Å². The molecule has 0 unspecified atom stereocenters. The molecule has 3 rings (SSSR count). The number of rotatable bonds is 8. The van der Waals surface area contributed by atoms with Crippen molar-refractivity contribution in [1.82, 2.24) is 9.97 Å². The van der Waals surface area contributed by atoms with Gasteiger partial charge in [0.25, 0.3) is 6.43 Å². The van der Waals surface area contributed by atoms with Crippen molar-refractivity contribution in [1.29, 1.82) is 0 Å². The average Bonchev–Trinajstić information content (AvgIpc) is 2.73. The van der Waals surface area contributed by atoms with Gasteiger partial charge in [-0.3, -0.25) is 0 Å². The van der Waals surface area contributed by atoms with Crippen molar-refractivity contribution in [2.75, 3.05) is 12.4 Å². The molecule has 0 saturated carbocycles. The first-order valence-corrected chi connectivity index (χ1v) is 9.31. The molecule has 0 aliphatic rings. The molecular formula is C22H22F3N3O2. The van der Waals surface area contributed by atoms with Crippen LogP contribution in [-0.2, 0) is 6.61 Å². The highest BCUT2D eigenvalue weighted by Gasteiger charge is 2.20. The van der Waals surface area contributed by atoms with E-state index in [1.807, 2.05) is 24.3 Å². The molecule has 0 amide bonds. The van der Waals surface area contributed by atoms with Gasteiger partial charge in [-0.15, -0.1) is 0 Å². The smallest absolute Gasteiger partial charge is 0.266 e. The van der Waals surface area contributed by atoms with Crippen molar-refractivity contribution in [3.05, 3.63) is 77.0 Å². The van der Waals surface area contributed by atoms with Crippen molar-refractivity contribution < 1.29 is 22.6 Å². The van der Waals surface area contributed by atoms with Crippen LogP contribution in [0.5, 0.6) is 11.5 Å². The maximum absolute atomic E-state index is 14.5. The number of benzene rings is 2. The van der Waals surface area contributed by atoms with Crippen LogP contribution in [0, 0.1) is 12.7 Å². The first kappa shape index (κ1) is 21.4. The van der Waals surface area contributed by atoms with E-state index in [1.165, 1.54) is 18.3 Å². The molecule has 1 aromatic heterocycles. The SMILES string of the molecule is COc1cccc(COc2cnc(C)nc2N[C@H](C)c2cccc(C(F)F)c2F)c1. The topological polar surface area (TPSA) is 56.3 Å². The minimum absolute atomic E-state index is 0.114. The summed E-state index contributed by atoms with van der Waals surface area (Å²) < 4.78 is 51.6. The second kappa shape index (κ2) is 9.47. The van der Waals surface area contributed by atoms with Gasteiger partial charge in [0.2, 0.25) is 0 Å². The molecule has 0 fully saturated rings. The molecule has 1 heterocycles. The third kappa shape index (κ3) is 5.00. The third-order valence-corrected chi connectivity index (χ3v) is 4.52. The molecule has 1 N–H and O–H groups in total. The summed E-state index contributed by atoms with van der Waals surface area (Å²) in [5.41, 5.74) is 0.363. The number of aryl methyl sites for hydroxylation is 1. The number of hydrogen-bond acceptors (Lipinski definition) is 5. The second-order valence-electron chi connectivity index (χ2n) is 6.69. The van der Waals surface area contributed by atoms with Gasteiger partial charge in [-0.05, 0) is 31.5 Å². The molecule has 8 heteroatoms. The number of methoxy groups -OCH3 is 1. The van der Waals surface area contributed by atoms with Gasteiger partial charge in [-0.2, -0.15) is 0 Å². The molecule has 1 atom stereocenters. The summed E-state index contributed by atoms with van der Waals surface area (Å²) in [5, 5.41) is 3.05. The van der Waals surface area contributed by atoms with Gasteiger partial charge < -0.3 is 14.8 Å². The quantitative estimate of drug-likeness (QED) is 0.515. The van der Waals surface area contributed by atoms with E-state index in [0.717, 1.165) is 11.6 Å². The van der Waals surface area contributed by atoms with Crippen molar-refractivity contribution in [2.24, 2.45) is 0 Å². The lowest BCUT2D eigenvalue weighted by atomic mass is 10.0. The average molecular weight is 417 g/mol. The van der Waals surface area contributed by atoms with Crippen LogP contribution >= 0.6 is 0 Å². The van der Waals surface area contributed by atoms with E-state index >= 15 is 0 Å². The number of ether oxygens (including phenoxy) is 2. The zero-order valence-electron chi connectivity index (χ0n) is 16.8. The fourth-order valence-electron chi connectivity index (χ4n) is 2.95. The van der Waals surface area contributed by atoms with Crippen LogP contribution in [0.1, 0.15) is 41.9 Å². The molecule has 0 spiro atoms. The fraction of sp³-hybridized carbons (Fsp3) is 0.273. The van der Waals surface area contributed by atoms with E-state index < -0.39 is 23.8 Å². The van der Waals surface area contributed by atoms with Crippen molar-refractivity contribution in [3.63, 3.8) is 0 Å². The lowest BCUT2D eigenvalue weighted by Gasteiger charge is -2.19. The van der Waals surface area contributed by atoms with Gasteiger partial charge in [-0.1, -0.05) is 30.3 Å². The Labute approximate surface area is 172 Å². The summed E-state index contributed by atoms with van der Waals surface area (Å²) in [6, 6.07) is 10.7. The van der Waals surface area contributed by atoms with Crippen molar-refractivity contribution >= 4 is 5.82 Å². The first-order chi connectivity index (χ1) is 14.4. The van der Waals surface area contributed by atoms with Crippen LogP contribution in [0.3, 0.4) is 0 Å². The van der Waals surface area contributed by atoms with Gasteiger partial charge in [-0.25, -0.2) is 23.1 Å². The molecule has 0 aliphatic carbocycles. The van der Waals surface area contributed by atoms with Gasteiger partial charge in [0, 0.05) is 5.56 Å². The lowest BCUT2D eigenvalue weighted by Crippen LogP contribution is -2.13. The molecule has 0 aliphatic heterocycles. The van der Waals surface area contributed by atoms with Crippen LogP contribution in [-0.4, -0.2) is 17.1 Å². The Balaban J connectivity index is 1.81. The minimum atomic E-state index is -2.89. The van der Waals surface area contributed by atoms with E-state index in [4.69, 9.17) is 9.47 Å². The minimum Gasteiger partial charge on any atom is -0.497 e. The van der Waals surface area contributed by atoms with E-state index in [-0.39, 0.29) is 12.2 Å². The summed E-state index contributed by atoms with van der Waals surface area (Å²) in [6.45, 7) is 3.61. The van der Waals surface area contributed by atoms with E-state index in [9.17, 15) is 13.2 Å². The number of aromatic nitrogens is 2. The number of halogens is 3. The monoisotopic (exact) mass is 417 g/mol. The van der Waals surface area contributed by atoms with E-state index in [2.05, 4.69) is 15.3 Å². The molecule has 30 heavy (non-hydrogen) atoms. The van der Waals surface area contributed by atoms with Gasteiger partial charge in [0.15, 0.2) is 11.6 Å². The number of hydrogen-bond donors (Lipinski definition) is 1. The Bertz CT molecular complexity index is 1010. The lowest BCUT2D eigenvalue weighted by molar-refractivity contribution is 0.146. The zero-order chi connectivity index (χ0) is 21.7. The number of nitrogens with one attached hydrogen (secondary N) is 1. The normalized spacial score (nSPS) is 12.0. The Hall–Kier alpha value is -3.29. The van der Waals surface area contributed by atoms with E-state index in [1.54, 1.807) is 21.0 Å². The Kier molecular flexibility index (Phi) is 6.76. The van der Waals surface area contributed by atoms with Crippen LogP contribution in [0.15, 0.2) is 48.7 Å². The molecule has 5 nitrogen and oxygen atoms in total. The maximum Gasteiger partial charge on any atom is 0.266 e. The highest BCUT2D eigenvalue weighted by molar-refractivity contribution is 5.51. The molecule has 0 radical (unpaired) electrons. The Morgan fingerprint density at radius 3 is 2.57 bits per heavy atom. The van der Waals surface area contributed by atoms with Crippen molar-refractivity contribution in [2.45, 2.75) is 32.9 Å². The number of nitrogens with zero attached hydrogens (tertiary/aromatic N) is 2. The molecule has 0 saturated heterocycles. The van der Waals surface area contributed by atoms with Gasteiger partial charge >= 0.3 is 0 Å². The standard InChI is InChI=1S/C22H22F3N3O2/c1-13(17-8-5-9-18(20(17)23)21(24)25)27-22-19(11-26-14(2)28-22)30-12-15-6-4-7-16(10-15)29-3/h4-11,13,21H,12H2,1-3H3,(H,26,27,28)/t13-/m1/s1. The second-order valence-corrected chi connectivity index (χ2v) is 6.69. The summed E-state index contributed by atoms with van der Waals surface area (Å²) in [4.78, 5) is 8.48. The van der Waals surface area contributed by atoms with Gasteiger partial charge in [0.1, 0.15) is 24.0 Å². The molecule has 0 bridgehead atoms. The summed E-state index contributed by atoms with van der Waals surface area (Å²) >= 11 is 0. The maximum atomic E-state index is 14.5. The Morgan fingerprint density at radius 2 is 1.83 bits per heavy atom. The predicted octanol–water partition coefficient (Wildman–Crippen LogP) is 5.62. The summed E-state index contributed by atoms with van der Waals surface area (Å²) in [5.74, 6) is 0.968. The number of alkyl halides is 2. The fourth-order valence-corrected chi connectivity index (χ4v) is 2.95. The zero-order valence-corrected chi connectivity index (χ0v) is 16.8. The Morgan fingerprint density at radius 1 is 1.10 bits per heavy atom.